The van der Waals surface area contributed by atoms with Gasteiger partial charge in [0.25, 0.3) is 0 Å². The van der Waals surface area contributed by atoms with Gasteiger partial charge in [0, 0.05) is 9.86 Å². The Morgan fingerprint density at radius 3 is 2.80 bits per heavy atom. The van der Waals surface area contributed by atoms with Crippen LogP contribution in [0.25, 0.3) is 10.9 Å². The average Bonchev–Trinajstić information content (AvgIpc) is 2.48. The molecule has 20 heavy (non-hydrogen) atoms. The van der Waals surface area contributed by atoms with Crippen LogP contribution < -0.4 is 4.74 Å². The third-order valence-corrected chi connectivity index (χ3v) is 4.41. The Kier molecular flexibility index (Phi) is 3.89. The molecular formula is C15H11BrN2OS. The molecule has 1 aromatic heterocycles. The van der Waals surface area contributed by atoms with E-state index in [2.05, 4.69) is 25.9 Å². The normalized spacial score (nSPS) is 10.7. The Balaban J connectivity index is 2.08. The highest BCUT2D eigenvalue weighted by molar-refractivity contribution is 9.10. The molecule has 0 aliphatic heterocycles. The van der Waals surface area contributed by atoms with E-state index in [0.29, 0.717) is 0 Å². The molecule has 3 aromatic rings. The Morgan fingerprint density at radius 1 is 1.10 bits per heavy atom. The van der Waals surface area contributed by atoms with E-state index >= 15 is 0 Å². The molecule has 0 bridgehead atoms. The van der Waals surface area contributed by atoms with Crippen molar-refractivity contribution in [2.24, 2.45) is 0 Å². The lowest BCUT2D eigenvalue weighted by Gasteiger charge is -2.08. The Morgan fingerprint density at radius 2 is 1.95 bits per heavy atom. The van der Waals surface area contributed by atoms with Gasteiger partial charge in [-0.1, -0.05) is 39.8 Å². The fourth-order valence-corrected chi connectivity index (χ4v) is 3.24. The van der Waals surface area contributed by atoms with Crippen LogP contribution in [-0.2, 0) is 0 Å². The van der Waals surface area contributed by atoms with Crippen LogP contribution in [0.1, 0.15) is 0 Å². The highest BCUT2D eigenvalue weighted by Crippen LogP contribution is 2.36. The molecule has 0 aliphatic rings. The topological polar surface area (TPSA) is 35.0 Å². The number of hydrogen-bond donors (Lipinski definition) is 0. The second-order valence-electron chi connectivity index (χ2n) is 4.09. The van der Waals surface area contributed by atoms with Crippen LogP contribution in [0.4, 0.5) is 0 Å². The van der Waals surface area contributed by atoms with Gasteiger partial charge in [0.2, 0.25) is 0 Å². The van der Waals surface area contributed by atoms with Gasteiger partial charge >= 0.3 is 0 Å². The highest BCUT2D eigenvalue weighted by Gasteiger charge is 2.09. The minimum Gasteiger partial charge on any atom is -0.496 e. The van der Waals surface area contributed by atoms with Gasteiger partial charge < -0.3 is 4.74 Å². The Labute approximate surface area is 129 Å². The van der Waals surface area contributed by atoms with E-state index in [1.54, 1.807) is 25.2 Å². The monoisotopic (exact) mass is 346 g/mol. The van der Waals surface area contributed by atoms with E-state index in [-0.39, 0.29) is 0 Å². The number of hydrogen-bond acceptors (Lipinski definition) is 4. The Bertz CT molecular complexity index is 764. The summed E-state index contributed by atoms with van der Waals surface area (Å²) in [6.45, 7) is 0. The van der Waals surface area contributed by atoms with Crippen molar-refractivity contribution in [2.75, 3.05) is 7.11 Å². The summed E-state index contributed by atoms with van der Waals surface area (Å²) in [6.07, 6.45) is 1.59. The standard InChI is InChI=1S/C15H11BrN2OS/c1-19-13-4-2-3-5-14(13)20-15-11-8-10(16)6-7-12(11)17-9-18-15/h2-9H,1H3. The van der Waals surface area contributed by atoms with Gasteiger partial charge in [-0.15, -0.1) is 0 Å². The number of nitrogens with zero attached hydrogens (tertiary/aromatic N) is 2. The zero-order valence-corrected chi connectivity index (χ0v) is 13.1. The minimum absolute atomic E-state index is 0.847. The number of para-hydroxylation sites is 1. The first-order valence-electron chi connectivity index (χ1n) is 5.99. The van der Waals surface area contributed by atoms with E-state index in [9.17, 15) is 0 Å². The molecule has 0 spiro atoms. The van der Waals surface area contributed by atoms with Gasteiger partial charge in [-0.25, -0.2) is 9.97 Å². The van der Waals surface area contributed by atoms with Crippen molar-refractivity contribution in [3.63, 3.8) is 0 Å². The van der Waals surface area contributed by atoms with Gasteiger partial charge in [0.1, 0.15) is 17.1 Å². The van der Waals surface area contributed by atoms with Gasteiger partial charge in [-0.3, -0.25) is 0 Å². The predicted molar refractivity (Wildman–Crippen MR) is 84.4 cm³/mol. The maximum absolute atomic E-state index is 5.38. The van der Waals surface area contributed by atoms with E-state index in [0.717, 1.165) is 31.0 Å². The number of ether oxygens (including phenoxy) is 1. The number of halogens is 1. The van der Waals surface area contributed by atoms with Crippen molar-refractivity contribution < 1.29 is 4.74 Å². The van der Waals surface area contributed by atoms with Crippen LogP contribution in [0.5, 0.6) is 5.75 Å². The van der Waals surface area contributed by atoms with Crippen molar-refractivity contribution >= 4 is 38.6 Å². The smallest absolute Gasteiger partial charge is 0.132 e. The molecule has 100 valence electrons. The first-order chi connectivity index (χ1) is 9.78. The molecule has 0 saturated heterocycles. The van der Waals surface area contributed by atoms with E-state index < -0.39 is 0 Å². The fraction of sp³-hybridized carbons (Fsp3) is 0.0667. The first kappa shape index (κ1) is 13.4. The van der Waals surface area contributed by atoms with E-state index in [4.69, 9.17) is 4.74 Å². The minimum atomic E-state index is 0.847. The molecule has 0 saturated carbocycles. The van der Waals surface area contributed by atoms with Gasteiger partial charge in [0.05, 0.1) is 17.5 Å². The summed E-state index contributed by atoms with van der Waals surface area (Å²) in [5.74, 6) is 0.847. The summed E-state index contributed by atoms with van der Waals surface area (Å²) >= 11 is 5.07. The molecule has 0 N–H and O–H groups in total. The molecule has 3 nitrogen and oxygen atoms in total. The number of methoxy groups -OCH3 is 1. The third kappa shape index (κ3) is 2.64. The zero-order valence-electron chi connectivity index (χ0n) is 10.7. The Hall–Kier alpha value is -1.59. The maximum Gasteiger partial charge on any atom is 0.132 e. The van der Waals surface area contributed by atoms with Crippen LogP contribution in [0.2, 0.25) is 0 Å². The lowest BCUT2D eigenvalue weighted by molar-refractivity contribution is 0.405. The van der Waals surface area contributed by atoms with Crippen LogP contribution in [0.3, 0.4) is 0 Å². The van der Waals surface area contributed by atoms with Gasteiger partial charge in [-0.05, 0) is 30.3 Å². The molecule has 0 unspecified atom stereocenters. The second-order valence-corrected chi connectivity index (χ2v) is 6.04. The largest absolute Gasteiger partial charge is 0.496 e. The molecule has 0 atom stereocenters. The summed E-state index contributed by atoms with van der Waals surface area (Å²) in [5.41, 5.74) is 0.931. The second kappa shape index (κ2) is 5.81. The molecule has 0 fully saturated rings. The van der Waals surface area contributed by atoms with Crippen molar-refractivity contribution in [3.05, 3.63) is 53.3 Å². The number of aromatic nitrogens is 2. The summed E-state index contributed by atoms with van der Waals surface area (Å²) in [7, 11) is 1.67. The predicted octanol–water partition coefficient (Wildman–Crippen LogP) is 4.55. The van der Waals surface area contributed by atoms with Crippen LogP contribution >= 0.6 is 27.7 Å². The summed E-state index contributed by atoms with van der Waals surface area (Å²) in [6, 6.07) is 13.9. The van der Waals surface area contributed by atoms with E-state index in [1.807, 2.05) is 42.5 Å². The summed E-state index contributed by atoms with van der Waals surface area (Å²) in [5, 5.41) is 1.94. The van der Waals surface area contributed by atoms with E-state index in [1.165, 1.54) is 0 Å². The zero-order chi connectivity index (χ0) is 13.9. The van der Waals surface area contributed by atoms with Crippen molar-refractivity contribution in [3.8, 4) is 5.75 Å². The summed E-state index contributed by atoms with van der Waals surface area (Å²) in [4.78, 5) is 9.72. The molecular weight excluding hydrogens is 336 g/mol. The SMILES string of the molecule is COc1ccccc1Sc1ncnc2ccc(Br)cc12. The first-order valence-corrected chi connectivity index (χ1v) is 7.60. The number of rotatable bonds is 3. The van der Waals surface area contributed by atoms with Gasteiger partial charge in [-0.2, -0.15) is 0 Å². The average molecular weight is 347 g/mol. The molecule has 2 aromatic carbocycles. The molecule has 0 aliphatic carbocycles. The third-order valence-electron chi connectivity index (χ3n) is 2.84. The quantitative estimate of drug-likeness (QED) is 0.651. The molecule has 1 heterocycles. The number of fused-ring (bicyclic) bond motifs is 1. The molecule has 3 rings (SSSR count). The number of benzene rings is 2. The lowest BCUT2D eigenvalue weighted by atomic mass is 10.2. The van der Waals surface area contributed by atoms with Crippen molar-refractivity contribution in [1.29, 1.82) is 0 Å². The highest BCUT2D eigenvalue weighted by atomic mass is 79.9. The van der Waals surface area contributed by atoms with Crippen LogP contribution in [0.15, 0.2) is 63.2 Å². The van der Waals surface area contributed by atoms with Crippen LogP contribution in [-0.4, -0.2) is 17.1 Å². The molecule has 5 heteroatoms. The van der Waals surface area contributed by atoms with Crippen molar-refractivity contribution in [1.82, 2.24) is 9.97 Å². The molecule has 0 amide bonds. The maximum atomic E-state index is 5.38. The molecule has 0 radical (unpaired) electrons. The fourth-order valence-electron chi connectivity index (χ4n) is 1.89. The van der Waals surface area contributed by atoms with Crippen molar-refractivity contribution in [2.45, 2.75) is 9.92 Å². The van der Waals surface area contributed by atoms with Crippen LogP contribution in [0, 0.1) is 0 Å². The lowest BCUT2D eigenvalue weighted by Crippen LogP contribution is -1.89. The van der Waals surface area contributed by atoms with Gasteiger partial charge in [0.15, 0.2) is 0 Å². The summed E-state index contributed by atoms with van der Waals surface area (Å²) < 4.78 is 6.40.